The van der Waals surface area contributed by atoms with Crippen LogP contribution >= 0.6 is 0 Å². The van der Waals surface area contributed by atoms with Crippen LogP contribution in [0.3, 0.4) is 0 Å². The Morgan fingerprint density at radius 1 is 0.736 bits per heavy atom. The Bertz CT molecular complexity index is 1120. The highest BCUT2D eigenvalue weighted by Crippen LogP contribution is 2.26. The van der Waals surface area contributed by atoms with Crippen molar-refractivity contribution in [1.29, 1.82) is 0 Å². The first kappa shape index (κ1) is 49.1. The van der Waals surface area contributed by atoms with Crippen LogP contribution < -0.4 is 0 Å². The van der Waals surface area contributed by atoms with Gasteiger partial charge in [0.15, 0.2) is 6.29 Å². The highest BCUT2D eigenvalue weighted by atomic mass is 32.3. The molecule has 0 saturated carbocycles. The molecular weight excluding hydrogens is 704 g/mol. The van der Waals surface area contributed by atoms with Crippen LogP contribution in [0.4, 0.5) is 0 Å². The summed E-state index contributed by atoms with van der Waals surface area (Å²) in [6, 6.07) is 0. The monoisotopic (exact) mass is 774 g/mol. The molecular formula is C40H70O12S. The van der Waals surface area contributed by atoms with Crippen LogP contribution in [0, 0.1) is 0 Å². The van der Waals surface area contributed by atoms with Crippen LogP contribution in [-0.4, -0.2) is 97.5 Å². The van der Waals surface area contributed by atoms with E-state index in [-0.39, 0.29) is 19.6 Å². The molecule has 1 aliphatic heterocycles. The molecule has 1 heterocycles. The number of aliphatic hydroxyl groups excluding tert-OH is 3. The van der Waals surface area contributed by atoms with E-state index in [0.717, 1.165) is 70.6 Å². The van der Waals surface area contributed by atoms with Crippen LogP contribution in [0.2, 0.25) is 0 Å². The number of aliphatic hydroxyl groups is 3. The molecule has 1 rings (SSSR count). The number of carbonyl (C=O) groups is 1. The molecule has 13 heteroatoms. The number of unbranched alkanes of at least 4 members (excludes halogenated alkanes) is 12. The third kappa shape index (κ3) is 26.5. The van der Waals surface area contributed by atoms with Gasteiger partial charge < -0.3 is 34.3 Å². The Morgan fingerprint density at radius 3 is 1.89 bits per heavy atom. The average molecular weight is 775 g/mol. The van der Waals surface area contributed by atoms with Crippen molar-refractivity contribution in [2.75, 3.05) is 26.4 Å². The molecule has 0 amide bonds. The SMILES string of the molecule is CC/C=C\C/C=C\C/C=C\C/C=C\CCCCCCCCCCCOCC(COC1OC(CO)C(O)C(OS(=O)(=O)O)C1O)OC(=O)CCCCCC. The molecule has 0 spiro atoms. The Hall–Kier alpha value is -1.94. The van der Waals surface area contributed by atoms with Gasteiger partial charge in [0, 0.05) is 13.0 Å². The minimum Gasteiger partial charge on any atom is -0.457 e. The summed E-state index contributed by atoms with van der Waals surface area (Å²) in [4.78, 5) is 12.5. The smallest absolute Gasteiger partial charge is 0.397 e. The molecule has 6 atom stereocenters. The molecule has 0 aliphatic carbocycles. The molecule has 0 bridgehead atoms. The van der Waals surface area contributed by atoms with Crippen molar-refractivity contribution in [3.05, 3.63) is 48.6 Å². The fourth-order valence-corrected chi connectivity index (χ4v) is 6.23. The third-order valence-corrected chi connectivity index (χ3v) is 9.18. The number of rotatable bonds is 33. The highest BCUT2D eigenvalue weighted by molar-refractivity contribution is 7.80. The molecule has 0 radical (unpaired) electrons. The van der Waals surface area contributed by atoms with E-state index in [1.54, 1.807) is 0 Å². The van der Waals surface area contributed by atoms with E-state index in [9.17, 15) is 28.5 Å². The van der Waals surface area contributed by atoms with Gasteiger partial charge in [-0.05, 0) is 51.4 Å². The van der Waals surface area contributed by atoms with Gasteiger partial charge in [-0.1, -0.05) is 127 Å². The van der Waals surface area contributed by atoms with Crippen molar-refractivity contribution < 1.29 is 56.2 Å². The molecule has 12 nitrogen and oxygen atoms in total. The van der Waals surface area contributed by atoms with E-state index < -0.39 is 59.8 Å². The normalized spacial score (nSPS) is 21.8. The number of hydrogen-bond acceptors (Lipinski definition) is 11. The molecule has 1 saturated heterocycles. The van der Waals surface area contributed by atoms with E-state index in [1.807, 2.05) is 0 Å². The lowest BCUT2D eigenvalue weighted by atomic mass is 9.99. The number of allylic oxidation sites excluding steroid dienone is 8. The van der Waals surface area contributed by atoms with Crippen LogP contribution in [0.25, 0.3) is 0 Å². The van der Waals surface area contributed by atoms with Crippen LogP contribution in [0.15, 0.2) is 48.6 Å². The lowest BCUT2D eigenvalue weighted by Gasteiger charge is -2.41. The summed E-state index contributed by atoms with van der Waals surface area (Å²) < 4.78 is 58.4. The van der Waals surface area contributed by atoms with Crippen LogP contribution in [0.1, 0.15) is 136 Å². The lowest BCUT2D eigenvalue weighted by molar-refractivity contribution is -0.301. The molecule has 1 fully saturated rings. The summed E-state index contributed by atoms with van der Waals surface area (Å²) >= 11 is 0. The molecule has 1 aliphatic rings. The van der Waals surface area contributed by atoms with Crippen LogP contribution in [-0.2, 0) is 38.3 Å². The van der Waals surface area contributed by atoms with Gasteiger partial charge in [-0.15, -0.1) is 0 Å². The zero-order valence-electron chi connectivity index (χ0n) is 32.3. The first-order valence-electron chi connectivity index (χ1n) is 19.9. The van der Waals surface area contributed by atoms with E-state index in [4.69, 9.17) is 23.5 Å². The van der Waals surface area contributed by atoms with Crippen molar-refractivity contribution in [3.8, 4) is 0 Å². The van der Waals surface area contributed by atoms with Gasteiger partial charge in [0.25, 0.3) is 0 Å². The van der Waals surface area contributed by atoms with Crippen LogP contribution in [0.5, 0.6) is 0 Å². The zero-order chi connectivity index (χ0) is 39.0. The Kier molecular flexibility index (Phi) is 29.9. The third-order valence-electron chi connectivity index (χ3n) is 8.72. The Balaban J connectivity index is 2.29. The Morgan fingerprint density at radius 2 is 1.30 bits per heavy atom. The minimum atomic E-state index is -5.05. The number of ether oxygens (including phenoxy) is 4. The zero-order valence-corrected chi connectivity index (χ0v) is 33.1. The summed E-state index contributed by atoms with van der Waals surface area (Å²) in [6.45, 7) is 3.70. The Labute approximate surface area is 319 Å². The van der Waals surface area contributed by atoms with E-state index >= 15 is 0 Å². The van der Waals surface area contributed by atoms with Gasteiger partial charge in [-0.3, -0.25) is 9.35 Å². The van der Waals surface area contributed by atoms with Gasteiger partial charge in [0.1, 0.15) is 30.5 Å². The largest absolute Gasteiger partial charge is 0.457 e. The number of carbonyl (C=O) groups excluding carboxylic acids is 1. The molecule has 0 aromatic carbocycles. The van der Waals surface area contributed by atoms with E-state index in [1.165, 1.54) is 38.5 Å². The second kappa shape index (κ2) is 32.3. The molecule has 308 valence electrons. The number of esters is 1. The van der Waals surface area contributed by atoms with Crippen molar-refractivity contribution in [2.24, 2.45) is 0 Å². The second-order valence-electron chi connectivity index (χ2n) is 13.5. The maximum absolute atomic E-state index is 12.5. The molecule has 6 unspecified atom stereocenters. The predicted octanol–water partition coefficient (Wildman–Crippen LogP) is 7.23. The molecule has 53 heavy (non-hydrogen) atoms. The first-order chi connectivity index (χ1) is 25.6. The summed E-state index contributed by atoms with van der Waals surface area (Å²) in [6.07, 6.45) is 28.0. The minimum absolute atomic E-state index is 0.0292. The maximum atomic E-state index is 12.5. The van der Waals surface area contributed by atoms with Gasteiger partial charge in [-0.2, -0.15) is 8.42 Å². The number of hydrogen-bond donors (Lipinski definition) is 4. The topological polar surface area (TPSA) is 178 Å². The fourth-order valence-electron chi connectivity index (χ4n) is 5.72. The van der Waals surface area contributed by atoms with Gasteiger partial charge >= 0.3 is 16.4 Å². The summed E-state index contributed by atoms with van der Waals surface area (Å²) in [5, 5.41) is 30.4. The summed E-state index contributed by atoms with van der Waals surface area (Å²) in [5.74, 6) is -0.422. The quantitative estimate of drug-likeness (QED) is 0.0228. The molecule has 0 aromatic rings. The second-order valence-corrected chi connectivity index (χ2v) is 14.5. The highest BCUT2D eigenvalue weighted by Gasteiger charge is 2.48. The van der Waals surface area contributed by atoms with Crippen molar-refractivity contribution in [3.63, 3.8) is 0 Å². The maximum Gasteiger partial charge on any atom is 0.397 e. The van der Waals surface area contributed by atoms with Crippen molar-refractivity contribution in [2.45, 2.75) is 173 Å². The first-order valence-corrected chi connectivity index (χ1v) is 21.3. The van der Waals surface area contributed by atoms with Crippen molar-refractivity contribution >= 4 is 16.4 Å². The van der Waals surface area contributed by atoms with E-state index in [2.05, 4.69) is 66.6 Å². The predicted molar refractivity (Wildman–Crippen MR) is 206 cm³/mol. The lowest BCUT2D eigenvalue weighted by Crippen LogP contribution is -2.60. The van der Waals surface area contributed by atoms with Gasteiger partial charge in [0.05, 0.1) is 19.8 Å². The average Bonchev–Trinajstić information content (AvgIpc) is 3.12. The molecule has 0 aromatic heterocycles. The fraction of sp³-hybridized carbons (Fsp3) is 0.775. The van der Waals surface area contributed by atoms with Gasteiger partial charge in [0.2, 0.25) is 0 Å². The van der Waals surface area contributed by atoms with Crippen molar-refractivity contribution in [1.82, 2.24) is 0 Å². The molecule has 4 N–H and O–H groups in total. The summed E-state index contributed by atoms with van der Waals surface area (Å²) in [5.41, 5.74) is 0. The summed E-state index contributed by atoms with van der Waals surface area (Å²) in [7, 11) is -5.05. The van der Waals surface area contributed by atoms with Gasteiger partial charge in [-0.25, -0.2) is 4.18 Å². The van der Waals surface area contributed by atoms with E-state index in [0.29, 0.717) is 13.0 Å². The standard InChI is InChI=1S/C40H70O12S/c1-3-5-7-9-10-11-12-13-14-15-16-17-18-19-20-21-22-23-24-25-26-28-30-48-32-34(50-36(42)29-27-8-6-4-2)33-49-40-38(44)39(52-53(45,46)47)37(43)35(31-41)51-40/h5,7,10-11,13-14,16-17,34-35,37-41,43-44H,3-4,6,8-9,12,15,18-33H2,1-2H3,(H,45,46,47)/b7-5-,11-10-,14-13-,17-16-.